The lowest BCUT2D eigenvalue weighted by atomic mass is 10.2. The van der Waals surface area contributed by atoms with Gasteiger partial charge in [-0.1, -0.05) is 42.1 Å². The molecule has 10 heteroatoms. The number of rotatable bonds is 8. The SMILES string of the molecule is NC(=O)c1ccsc1NC(=O)CSc1nnc(-c2ccncc2)n1Cc1ccccc1. The van der Waals surface area contributed by atoms with E-state index in [0.717, 1.165) is 11.1 Å². The Labute approximate surface area is 186 Å². The Bertz CT molecular complexity index is 1190. The predicted molar refractivity (Wildman–Crippen MR) is 121 cm³/mol. The van der Waals surface area contributed by atoms with E-state index >= 15 is 0 Å². The molecule has 31 heavy (non-hydrogen) atoms. The van der Waals surface area contributed by atoms with Crippen LogP contribution < -0.4 is 11.1 Å². The molecule has 4 rings (SSSR count). The highest BCUT2D eigenvalue weighted by Gasteiger charge is 2.17. The average Bonchev–Trinajstić information content (AvgIpc) is 3.41. The summed E-state index contributed by atoms with van der Waals surface area (Å²) in [6.45, 7) is 0.562. The molecule has 0 aliphatic heterocycles. The quantitative estimate of drug-likeness (QED) is 0.398. The minimum absolute atomic E-state index is 0.110. The van der Waals surface area contributed by atoms with Gasteiger partial charge < -0.3 is 11.1 Å². The third kappa shape index (κ3) is 4.98. The van der Waals surface area contributed by atoms with Gasteiger partial charge in [-0.25, -0.2) is 0 Å². The fraction of sp³-hybridized carbons (Fsp3) is 0.0952. The van der Waals surface area contributed by atoms with E-state index in [4.69, 9.17) is 5.73 Å². The van der Waals surface area contributed by atoms with E-state index in [1.54, 1.807) is 23.8 Å². The smallest absolute Gasteiger partial charge is 0.251 e. The fourth-order valence-corrected chi connectivity index (χ4v) is 4.46. The molecule has 8 nitrogen and oxygen atoms in total. The van der Waals surface area contributed by atoms with E-state index in [0.29, 0.717) is 28.1 Å². The Morgan fingerprint density at radius 2 is 1.84 bits per heavy atom. The number of anilines is 1. The second kappa shape index (κ2) is 9.54. The number of carbonyl (C=O) groups excluding carboxylic acids is 2. The van der Waals surface area contributed by atoms with Crippen molar-refractivity contribution in [3.05, 3.63) is 77.4 Å². The number of nitrogens with two attached hydrogens (primary N) is 1. The topological polar surface area (TPSA) is 116 Å². The maximum Gasteiger partial charge on any atom is 0.251 e. The van der Waals surface area contributed by atoms with Gasteiger partial charge in [0.15, 0.2) is 11.0 Å². The first kappa shape index (κ1) is 20.8. The van der Waals surface area contributed by atoms with Crippen molar-refractivity contribution in [3.8, 4) is 11.4 Å². The zero-order chi connectivity index (χ0) is 21.6. The Morgan fingerprint density at radius 1 is 1.06 bits per heavy atom. The number of pyridine rings is 1. The number of carbonyl (C=O) groups is 2. The highest BCUT2D eigenvalue weighted by atomic mass is 32.2. The minimum atomic E-state index is -0.575. The number of thiophene rings is 1. The number of hydrogen-bond acceptors (Lipinski definition) is 7. The Hall–Kier alpha value is -3.50. The Morgan fingerprint density at radius 3 is 2.58 bits per heavy atom. The zero-order valence-corrected chi connectivity index (χ0v) is 17.9. The molecule has 0 radical (unpaired) electrons. The molecule has 0 unspecified atom stereocenters. The number of nitrogens with one attached hydrogen (secondary N) is 1. The third-order valence-electron chi connectivity index (χ3n) is 4.35. The van der Waals surface area contributed by atoms with Crippen LogP contribution in [0.4, 0.5) is 5.00 Å². The van der Waals surface area contributed by atoms with Gasteiger partial charge in [-0.3, -0.25) is 19.1 Å². The molecule has 3 aromatic heterocycles. The molecule has 3 heterocycles. The van der Waals surface area contributed by atoms with Crippen molar-refractivity contribution < 1.29 is 9.59 Å². The van der Waals surface area contributed by atoms with E-state index in [2.05, 4.69) is 20.5 Å². The highest BCUT2D eigenvalue weighted by Crippen LogP contribution is 2.26. The summed E-state index contributed by atoms with van der Waals surface area (Å²) in [5.74, 6) is -0.0220. The van der Waals surface area contributed by atoms with Crippen LogP contribution in [0.3, 0.4) is 0 Å². The first-order valence-electron chi connectivity index (χ1n) is 9.29. The molecule has 0 saturated carbocycles. The van der Waals surface area contributed by atoms with Crippen molar-refractivity contribution in [2.24, 2.45) is 5.73 Å². The number of hydrogen-bond donors (Lipinski definition) is 2. The summed E-state index contributed by atoms with van der Waals surface area (Å²) in [5, 5.41) is 14.2. The zero-order valence-electron chi connectivity index (χ0n) is 16.3. The van der Waals surface area contributed by atoms with Crippen LogP contribution >= 0.6 is 23.1 Å². The summed E-state index contributed by atoms with van der Waals surface area (Å²) in [6, 6.07) is 15.3. The van der Waals surface area contributed by atoms with E-state index < -0.39 is 5.91 Å². The van der Waals surface area contributed by atoms with E-state index in [-0.39, 0.29) is 11.7 Å². The summed E-state index contributed by atoms with van der Waals surface area (Å²) in [4.78, 5) is 28.0. The normalized spacial score (nSPS) is 10.7. The molecule has 0 aliphatic rings. The molecule has 0 atom stereocenters. The molecular formula is C21H18N6O2S2. The largest absolute Gasteiger partial charge is 0.366 e. The van der Waals surface area contributed by atoms with Gasteiger partial charge in [0.05, 0.1) is 17.9 Å². The number of benzene rings is 1. The van der Waals surface area contributed by atoms with Crippen molar-refractivity contribution in [2.75, 3.05) is 11.1 Å². The standard InChI is InChI=1S/C21H18N6O2S2/c22-18(29)16-8-11-30-20(16)24-17(28)13-31-21-26-25-19(15-6-9-23-10-7-15)27(21)12-14-4-2-1-3-5-14/h1-11H,12-13H2,(H2,22,29)(H,24,28). The van der Waals surface area contributed by atoms with Crippen molar-refractivity contribution in [3.63, 3.8) is 0 Å². The van der Waals surface area contributed by atoms with E-state index in [1.807, 2.05) is 47.0 Å². The summed E-state index contributed by atoms with van der Waals surface area (Å²) >= 11 is 2.53. The van der Waals surface area contributed by atoms with Gasteiger partial charge in [0, 0.05) is 18.0 Å². The maximum absolute atomic E-state index is 12.5. The van der Waals surface area contributed by atoms with E-state index in [9.17, 15) is 9.59 Å². The lowest BCUT2D eigenvalue weighted by molar-refractivity contribution is -0.113. The van der Waals surface area contributed by atoms with Gasteiger partial charge >= 0.3 is 0 Å². The summed E-state index contributed by atoms with van der Waals surface area (Å²) in [6.07, 6.45) is 3.41. The average molecular weight is 451 g/mol. The first-order valence-corrected chi connectivity index (χ1v) is 11.2. The molecule has 2 amide bonds. The van der Waals surface area contributed by atoms with Gasteiger partial charge in [0.1, 0.15) is 5.00 Å². The molecule has 4 aromatic rings. The molecule has 0 saturated heterocycles. The number of nitrogens with zero attached hydrogens (tertiary/aromatic N) is 4. The molecule has 0 fully saturated rings. The molecular weight excluding hydrogens is 432 g/mol. The van der Waals surface area contributed by atoms with E-state index in [1.165, 1.54) is 23.1 Å². The van der Waals surface area contributed by atoms with Crippen molar-refractivity contribution in [2.45, 2.75) is 11.7 Å². The van der Waals surface area contributed by atoms with Crippen LogP contribution in [0.1, 0.15) is 15.9 Å². The van der Waals surface area contributed by atoms with Gasteiger partial charge in [-0.05, 0) is 29.1 Å². The lowest BCUT2D eigenvalue weighted by Gasteiger charge is -2.10. The summed E-state index contributed by atoms with van der Waals surface area (Å²) in [5.41, 5.74) is 7.62. The van der Waals surface area contributed by atoms with Gasteiger partial charge in [0.25, 0.3) is 5.91 Å². The monoisotopic (exact) mass is 450 g/mol. The second-order valence-electron chi connectivity index (χ2n) is 6.48. The van der Waals surface area contributed by atoms with Crippen LogP contribution in [0.5, 0.6) is 0 Å². The van der Waals surface area contributed by atoms with Gasteiger partial charge in [-0.15, -0.1) is 21.5 Å². The summed E-state index contributed by atoms with van der Waals surface area (Å²) < 4.78 is 1.97. The second-order valence-corrected chi connectivity index (χ2v) is 8.34. The van der Waals surface area contributed by atoms with Gasteiger partial charge in [-0.2, -0.15) is 0 Å². The first-order chi connectivity index (χ1) is 15.1. The maximum atomic E-state index is 12.5. The fourth-order valence-electron chi connectivity index (χ4n) is 2.91. The lowest BCUT2D eigenvalue weighted by Crippen LogP contribution is -2.18. The number of aromatic nitrogens is 4. The van der Waals surface area contributed by atoms with Crippen LogP contribution in [0.2, 0.25) is 0 Å². The molecule has 1 aromatic carbocycles. The minimum Gasteiger partial charge on any atom is -0.366 e. The van der Waals surface area contributed by atoms with Gasteiger partial charge in [0.2, 0.25) is 5.91 Å². The van der Waals surface area contributed by atoms with Crippen molar-refractivity contribution >= 4 is 39.9 Å². The van der Waals surface area contributed by atoms with Crippen LogP contribution in [-0.4, -0.2) is 37.3 Å². The van der Waals surface area contributed by atoms with Crippen LogP contribution in [-0.2, 0) is 11.3 Å². The van der Waals surface area contributed by atoms with Crippen LogP contribution in [0, 0.1) is 0 Å². The molecule has 0 spiro atoms. The number of primary amides is 1. The molecule has 0 bridgehead atoms. The highest BCUT2D eigenvalue weighted by molar-refractivity contribution is 7.99. The summed E-state index contributed by atoms with van der Waals surface area (Å²) in [7, 11) is 0. The van der Waals surface area contributed by atoms with Crippen LogP contribution in [0.15, 0.2) is 71.5 Å². The molecule has 3 N–H and O–H groups in total. The molecule has 156 valence electrons. The van der Waals surface area contributed by atoms with Crippen molar-refractivity contribution in [1.29, 1.82) is 0 Å². The Balaban J connectivity index is 1.53. The number of amides is 2. The van der Waals surface area contributed by atoms with Crippen molar-refractivity contribution in [1.82, 2.24) is 19.7 Å². The van der Waals surface area contributed by atoms with Crippen LogP contribution in [0.25, 0.3) is 11.4 Å². The molecule has 0 aliphatic carbocycles. The predicted octanol–water partition coefficient (Wildman–Crippen LogP) is 3.28. The number of thioether (sulfide) groups is 1. The Kier molecular flexibility index (Phi) is 6.39. The third-order valence-corrected chi connectivity index (χ3v) is 6.15.